The van der Waals surface area contributed by atoms with Crippen LogP contribution in [-0.4, -0.2) is 30.3 Å². The first-order valence-electron chi connectivity index (χ1n) is 6.29. The van der Waals surface area contributed by atoms with Gasteiger partial charge in [-0.2, -0.15) is 0 Å². The summed E-state index contributed by atoms with van der Waals surface area (Å²) in [6.45, 7) is 5.44. The molecule has 1 aliphatic rings. The maximum absolute atomic E-state index is 5.54. The minimum Gasteiger partial charge on any atom is -0.476 e. The second-order valence-electron chi connectivity index (χ2n) is 4.18. The number of nitrogens with zero attached hydrogens (tertiary/aromatic N) is 1. The fourth-order valence-electron chi connectivity index (χ4n) is 2.03. The van der Waals surface area contributed by atoms with Crippen LogP contribution in [0.15, 0.2) is 18.3 Å². The zero-order valence-electron chi connectivity index (χ0n) is 10.5. The standard InChI is InChI=1S/C13H20N2O2/c1-3-16-11-8-10(9-11)15-12-6-5-7-14-13(12)17-4-2/h5-7,10-11,15H,3-4,8-9H2,1-2H3. The summed E-state index contributed by atoms with van der Waals surface area (Å²) in [5, 5.41) is 3.45. The summed E-state index contributed by atoms with van der Waals surface area (Å²) in [7, 11) is 0. The van der Waals surface area contributed by atoms with Crippen molar-refractivity contribution in [2.45, 2.75) is 38.8 Å². The van der Waals surface area contributed by atoms with Crippen molar-refractivity contribution in [3.8, 4) is 5.88 Å². The number of hydrogen-bond acceptors (Lipinski definition) is 4. The Kier molecular flexibility index (Phi) is 4.20. The summed E-state index contributed by atoms with van der Waals surface area (Å²) in [5.41, 5.74) is 0.981. The molecule has 1 fully saturated rings. The predicted octanol–water partition coefficient (Wildman–Crippen LogP) is 2.46. The van der Waals surface area contributed by atoms with Crippen molar-refractivity contribution in [2.75, 3.05) is 18.5 Å². The van der Waals surface area contributed by atoms with Gasteiger partial charge in [-0.1, -0.05) is 0 Å². The van der Waals surface area contributed by atoms with Gasteiger partial charge >= 0.3 is 0 Å². The minimum absolute atomic E-state index is 0.421. The van der Waals surface area contributed by atoms with E-state index in [2.05, 4.69) is 10.3 Å². The van der Waals surface area contributed by atoms with E-state index in [1.807, 2.05) is 26.0 Å². The van der Waals surface area contributed by atoms with Crippen LogP contribution in [0.2, 0.25) is 0 Å². The highest BCUT2D eigenvalue weighted by molar-refractivity contribution is 5.53. The molecule has 1 heterocycles. The number of ether oxygens (including phenoxy) is 2. The second-order valence-corrected chi connectivity index (χ2v) is 4.18. The second kappa shape index (κ2) is 5.87. The number of anilines is 1. The summed E-state index contributed by atoms with van der Waals surface area (Å²) in [6.07, 6.45) is 4.30. The lowest BCUT2D eigenvalue weighted by Gasteiger charge is -2.36. The molecule has 1 N–H and O–H groups in total. The van der Waals surface area contributed by atoms with Crippen LogP contribution in [0.25, 0.3) is 0 Å². The first-order valence-corrected chi connectivity index (χ1v) is 6.29. The molecule has 1 aliphatic carbocycles. The maximum Gasteiger partial charge on any atom is 0.237 e. The van der Waals surface area contributed by atoms with Crippen molar-refractivity contribution in [1.29, 1.82) is 0 Å². The lowest BCUT2D eigenvalue weighted by atomic mass is 9.89. The SMILES string of the molecule is CCOc1ncccc1NC1CC(OCC)C1. The van der Waals surface area contributed by atoms with Crippen molar-refractivity contribution in [1.82, 2.24) is 4.98 Å². The van der Waals surface area contributed by atoms with Gasteiger partial charge in [0.2, 0.25) is 5.88 Å². The Labute approximate surface area is 102 Å². The Hall–Kier alpha value is -1.29. The maximum atomic E-state index is 5.54. The first-order chi connectivity index (χ1) is 8.33. The molecule has 4 nitrogen and oxygen atoms in total. The van der Waals surface area contributed by atoms with E-state index in [9.17, 15) is 0 Å². The normalized spacial score (nSPS) is 22.9. The topological polar surface area (TPSA) is 43.4 Å². The van der Waals surface area contributed by atoms with Crippen LogP contribution in [0.3, 0.4) is 0 Å². The van der Waals surface area contributed by atoms with Crippen LogP contribution in [0.4, 0.5) is 5.69 Å². The van der Waals surface area contributed by atoms with Gasteiger partial charge in [0.15, 0.2) is 0 Å². The number of nitrogens with one attached hydrogen (secondary N) is 1. The van der Waals surface area contributed by atoms with Gasteiger partial charge in [0.1, 0.15) is 0 Å². The molecule has 0 atom stereocenters. The molecule has 1 aromatic heterocycles. The molecule has 0 amide bonds. The van der Waals surface area contributed by atoms with Gasteiger partial charge in [-0.15, -0.1) is 0 Å². The Balaban J connectivity index is 1.87. The van der Waals surface area contributed by atoms with Crippen molar-refractivity contribution in [3.63, 3.8) is 0 Å². The van der Waals surface area contributed by atoms with Gasteiger partial charge in [0, 0.05) is 18.8 Å². The Morgan fingerprint density at radius 2 is 2.18 bits per heavy atom. The van der Waals surface area contributed by atoms with E-state index in [1.54, 1.807) is 6.20 Å². The Morgan fingerprint density at radius 3 is 2.88 bits per heavy atom. The molecule has 0 aromatic carbocycles. The molecule has 0 unspecified atom stereocenters. The van der Waals surface area contributed by atoms with Crippen LogP contribution in [0.1, 0.15) is 26.7 Å². The third-order valence-electron chi connectivity index (χ3n) is 2.91. The van der Waals surface area contributed by atoms with Crippen LogP contribution in [0.5, 0.6) is 5.88 Å². The highest BCUT2D eigenvalue weighted by Crippen LogP contribution is 2.29. The van der Waals surface area contributed by atoms with Crippen LogP contribution >= 0.6 is 0 Å². The monoisotopic (exact) mass is 236 g/mol. The first kappa shape index (κ1) is 12.2. The number of hydrogen-bond donors (Lipinski definition) is 1. The highest BCUT2D eigenvalue weighted by atomic mass is 16.5. The van der Waals surface area contributed by atoms with E-state index >= 15 is 0 Å². The summed E-state index contributed by atoms with van der Waals surface area (Å²) in [5.74, 6) is 0.690. The minimum atomic E-state index is 0.421. The molecule has 0 radical (unpaired) electrons. The molecule has 0 spiro atoms. The summed E-state index contributed by atoms with van der Waals surface area (Å²) >= 11 is 0. The average molecular weight is 236 g/mol. The fraction of sp³-hybridized carbons (Fsp3) is 0.615. The third kappa shape index (κ3) is 3.09. The quantitative estimate of drug-likeness (QED) is 0.824. The van der Waals surface area contributed by atoms with Gasteiger partial charge in [-0.3, -0.25) is 0 Å². The highest BCUT2D eigenvalue weighted by Gasteiger charge is 2.29. The molecular formula is C13H20N2O2. The number of rotatable bonds is 6. The average Bonchev–Trinajstić information content (AvgIpc) is 2.29. The zero-order valence-corrected chi connectivity index (χ0v) is 10.5. The van der Waals surface area contributed by atoms with E-state index in [1.165, 1.54) is 0 Å². The molecule has 2 rings (SSSR count). The van der Waals surface area contributed by atoms with E-state index in [4.69, 9.17) is 9.47 Å². The van der Waals surface area contributed by atoms with Crippen molar-refractivity contribution < 1.29 is 9.47 Å². The lowest BCUT2D eigenvalue weighted by molar-refractivity contribution is 0.00293. The third-order valence-corrected chi connectivity index (χ3v) is 2.91. The van der Waals surface area contributed by atoms with E-state index < -0.39 is 0 Å². The molecule has 1 aromatic rings. The number of aromatic nitrogens is 1. The summed E-state index contributed by atoms with van der Waals surface area (Å²) < 4.78 is 11.0. The summed E-state index contributed by atoms with van der Waals surface area (Å²) in [4.78, 5) is 4.22. The van der Waals surface area contributed by atoms with Crippen LogP contribution < -0.4 is 10.1 Å². The summed E-state index contributed by atoms with van der Waals surface area (Å²) in [6, 6.07) is 4.41. The Morgan fingerprint density at radius 1 is 1.35 bits per heavy atom. The lowest BCUT2D eigenvalue weighted by Crippen LogP contribution is -2.40. The molecule has 0 aliphatic heterocycles. The molecule has 0 saturated heterocycles. The van der Waals surface area contributed by atoms with Crippen LogP contribution in [-0.2, 0) is 4.74 Å². The fourth-order valence-corrected chi connectivity index (χ4v) is 2.03. The van der Waals surface area contributed by atoms with Gasteiger partial charge < -0.3 is 14.8 Å². The van der Waals surface area contributed by atoms with Crippen molar-refractivity contribution in [2.24, 2.45) is 0 Å². The van der Waals surface area contributed by atoms with Gasteiger partial charge in [0.05, 0.1) is 18.4 Å². The van der Waals surface area contributed by atoms with Gasteiger partial charge in [0.25, 0.3) is 0 Å². The molecular weight excluding hydrogens is 216 g/mol. The van der Waals surface area contributed by atoms with Crippen molar-refractivity contribution >= 4 is 5.69 Å². The van der Waals surface area contributed by atoms with Gasteiger partial charge in [-0.05, 0) is 38.8 Å². The van der Waals surface area contributed by atoms with Crippen LogP contribution in [0, 0.1) is 0 Å². The van der Waals surface area contributed by atoms with E-state index in [-0.39, 0.29) is 0 Å². The molecule has 1 saturated carbocycles. The smallest absolute Gasteiger partial charge is 0.237 e. The molecule has 94 valence electrons. The molecule has 0 bridgehead atoms. The van der Waals surface area contributed by atoms with E-state index in [0.29, 0.717) is 24.6 Å². The van der Waals surface area contributed by atoms with E-state index in [0.717, 1.165) is 25.1 Å². The largest absolute Gasteiger partial charge is 0.476 e. The molecule has 4 heteroatoms. The zero-order chi connectivity index (χ0) is 12.1. The van der Waals surface area contributed by atoms with Crippen molar-refractivity contribution in [3.05, 3.63) is 18.3 Å². The van der Waals surface area contributed by atoms with Gasteiger partial charge in [-0.25, -0.2) is 4.98 Å². The number of pyridine rings is 1. The Bertz CT molecular complexity index is 351. The predicted molar refractivity (Wildman–Crippen MR) is 67.5 cm³/mol. The molecule has 17 heavy (non-hydrogen) atoms.